The van der Waals surface area contributed by atoms with Gasteiger partial charge in [0.05, 0.1) is 32.6 Å². The number of phenolic OH excluding ortho intramolecular Hbond substituents is 1. The Hall–Kier alpha value is -4.48. The number of carbonyl (C=O) groups is 2. The number of methoxy groups -OCH3 is 2. The zero-order valence-corrected chi connectivity index (χ0v) is 19.9. The zero-order valence-electron chi connectivity index (χ0n) is 19.9. The van der Waals surface area contributed by atoms with E-state index < -0.39 is 18.0 Å². The second kappa shape index (κ2) is 10.8. The van der Waals surface area contributed by atoms with Crippen molar-refractivity contribution in [2.24, 2.45) is 10.3 Å². The molecule has 2 aliphatic rings. The lowest BCUT2D eigenvalue weighted by atomic mass is 9.96. The zero-order chi connectivity index (χ0) is 25.7. The predicted octanol–water partition coefficient (Wildman–Crippen LogP) is 2.15. The van der Waals surface area contributed by atoms with Gasteiger partial charge in [0.25, 0.3) is 5.91 Å². The van der Waals surface area contributed by atoms with Crippen LogP contribution in [0, 0.1) is 0 Å². The first-order chi connectivity index (χ1) is 17.5. The molecule has 2 N–H and O–H groups in total. The topological polar surface area (TPSA) is 146 Å². The van der Waals surface area contributed by atoms with Crippen molar-refractivity contribution in [1.82, 2.24) is 5.43 Å². The molecule has 36 heavy (non-hydrogen) atoms. The number of esters is 1. The molecular weight excluding hydrogens is 474 g/mol. The van der Waals surface area contributed by atoms with E-state index in [0.29, 0.717) is 34.1 Å². The highest BCUT2D eigenvalue weighted by Gasteiger charge is 2.34. The molecule has 12 nitrogen and oxygen atoms in total. The summed E-state index contributed by atoms with van der Waals surface area (Å²) in [5.41, 5.74) is 3.66. The minimum absolute atomic E-state index is 0.0561. The number of phenols is 1. The summed E-state index contributed by atoms with van der Waals surface area (Å²) < 4.78 is 27.4. The largest absolute Gasteiger partial charge is 0.507 e. The van der Waals surface area contributed by atoms with Crippen molar-refractivity contribution in [3.8, 4) is 28.7 Å². The quantitative estimate of drug-likeness (QED) is 0.301. The van der Waals surface area contributed by atoms with Gasteiger partial charge in [-0.15, -0.1) is 0 Å². The monoisotopic (exact) mass is 499 g/mol. The number of ether oxygens (including phenoxy) is 5. The molecule has 1 amide bonds. The molecule has 0 radical (unpaired) electrons. The molecule has 0 fully saturated rings. The minimum Gasteiger partial charge on any atom is -0.507 e. The third kappa shape index (κ3) is 4.83. The van der Waals surface area contributed by atoms with Gasteiger partial charge >= 0.3 is 5.97 Å². The van der Waals surface area contributed by atoms with E-state index in [0.717, 1.165) is 0 Å². The van der Waals surface area contributed by atoms with Gasteiger partial charge in [0.1, 0.15) is 11.9 Å². The lowest BCUT2D eigenvalue weighted by molar-refractivity contribution is -0.135. The molecule has 0 saturated carbocycles. The number of benzene rings is 2. The highest BCUT2D eigenvalue weighted by atomic mass is 16.7. The Morgan fingerprint density at radius 2 is 1.94 bits per heavy atom. The summed E-state index contributed by atoms with van der Waals surface area (Å²) in [5, 5.41) is 17.8. The van der Waals surface area contributed by atoms with Crippen molar-refractivity contribution >= 4 is 23.8 Å². The highest BCUT2D eigenvalue weighted by Crippen LogP contribution is 2.52. The third-order valence-electron chi connectivity index (χ3n) is 5.46. The summed E-state index contributed by atoms with van der Waals surface area (Å²) in [6.07, 6.45) is 1.33. The van der Waals surface area contributed by atoms with Crippen LogP contribution in [-0.2, 0) is 20.8 Å². The van der Waals surface area contributed by atoms with Crippen molar-refractivity contribution in [2.75, 3.05) is 27.6 Å². The number of para-hydroxylation sites is 1. The molecule has 190 valence electrons. The van der Waals surface area contributed by atoms with Gasteiger partial charge < -0.3 is 33.6 Å². The molecule has 0 aromatic heterocycles. The minimum atomic E-state index is -0.605. The molecule has 12 heteroatoms. The molecule has 2 heterocycles. The smallest absolute Gasteiger partial charge is 0.356 e. The van der Waals surface area contributed by atoms with Gasteiger partial charge in [-0.3, -0.25) is 4.79 Å². The van der Waals surface area contributed by atoms with Gasteiger partial charge in [-0.2, -0.15) is 5.10 Å². The Kier molecular flexibility index (Phi) is 7.42. The van der Waals surface area contributed by atoms with E-state index in [1.54, 1.807) is 19.1 Å². The van der Waals surface area contributed by atoms with Crippen LogP contribution in [0.2, 0.25) is 0 Å². The van der Waals surface area contributed by atoms with E-state index in [-0.39, 0.29) is 43.3 Å². The molecule has 0 spiro atoms. The molecule has 0 unspecified atom stereocenters. The van der Waals surface area contributed by atoms with E-state index in [2.05, 4.69) is 15.7 Å². The molecule has 4 rings (SSSR count). The SMILES string of the molecule is CCOC(=O)C1=NO[C@H](Cc2c(/C=N/NC(=O)c3ccccc3O)c3c(c(OC)c2OC)OCO3)C1. The van der Waals surface area contributed by atoms with Gasteiger partial charge in [-0.05, 0) is 19.1 Å². The summed E-state index contributed by atoms with van der Waals surface area (Å²) >= 11 is 0. The van der Waals surface area contributed by atoms with Gasteiger partial charge in [0, 0.05) is 24.0 Å². The molecule has 0 bridgehead atoms. The van der Waals surface area contributed by atoms with Crippen LogP contribution in [0.1, 0.15) is 34.8 Å². The fourth-order valence-electron chi connectivity index (χ4n) is 3.87. The Balaban J connectivity index is 1.65. The summed E-state index contributed by atoms with van der Waals surface area (Å²) in [4.78, 5) is 30.0. The Morgan fingerprint density at radius 3 is 2.67 bits per heavy atom. The molecule has 1 atom stereocenters. The van der Waals surface area contributed by atoms with Crippen molar-refractivity contribution in [1.29, 1.82) is 0 Å². The van der Waals surface area contributed by atoms with Gasteiger partial charge in [0.15, 0.2) is 17.2 Å². The first-order valence-corrected chi connectivity index (χ1v) is 11.1. The fraction of sp³-hybridized carbons (Fsp3) is 0.333. The molecule has 0 aliphatic carbocycles. The lowest BCUT2D eigenvalue weighted by Gasteiger charge is -2.19. The summed E-state index contributed by atoms with van der Waals surface area (Å²) in [6, 6.07) is 6.09. The van der Waals surface area contributed by atoms with Crippen LogP contribution in [0.15, 0.2) is 34.5 Å². The van der Waals surface area contributed by atoms with Gasteiger partial charge in [-0.1, -0.05) is 17.3 Å². The number of nitrogens with one attached hydrogen (secondary N) is 1. The van der Waals surface area contributed by atoms with Crippen LogP contribution in [0.3, 0.4) is 0 Å². The van der Waals surface area contributed by atoms with E-state index in [1.165, 1.54) is 32.6 Å². The van der Waals surface area contributed by atoms with Crippen LogP contribution in [-0.4, -0.2) is 62.6 Å². The number of amides is 1. The van der Waals surface area contributed by atoms with Crippen LogP contribution >= 0.6 is 0 Å². The first kappa shape index (κ1) is 24.6. The molecule has 2 aromatic carbocycles. The second-order valence-corrected chi connectivity index (χ2v) is 7.63. The van der Waals surface area contributed by atoms with E-state index in [4.69, 9.17) is 28.5 Å². The Labute approximate surface area is 206 Å². The number of hydrazone groups is 1. The normalized spacial score (nSPS) is 15.9. The van der Waals surface area contributed by atoms with Gasteiger partial charge in [0.2, 0.25) is 18.3 Å². The second-order valence-electron chi connectivity index (χ2n) is 7.63. The molecular formula is C24H25N3O9. The number of aromatic hydroxyl groups is 1. The van der Waals surface area contributed by atoms with Crippen LogP contribution in [0.25, 0.3) is 0 Å². The highest BCUT2D eigenvalue weighted by molar-refractivity contribution is 6.36. The number of hydrogen-bond acceptors (Lipinski definition) is 11. The lowest BCUT2D eigenvalue weighted by Crippen LogP contribution is -2.20. The molecule has 0 saturated heterocycles. The first-order valence-electron chi connectivity index (χ1n) is 11.1. The number of rotatable bonds is 9. The average Bonchev–Trinajstić information content (AvgIpc) is 3.55. The maximum Gasteiger partial charge on any atom is 0.356 e. The molecule has 2 aromatic rings. The Morgan fingerprint density at radius 1 is 1.19 bits per heavy atom. The fourth-order valence-corrected chi connectivity index (χ4v) is 3.87. The number of hydrogen-bond donors (Lipinski definition) is 2. The number of fused-ring (bicyclic) bond motifs is 1. The van der Waals surface area contributed by atoms with Crippen molar-refractivity contribution in [3.63, 3.8) is 0 Å². The van der Waals surface area contributed by atoms with Crippen LogP contribution < -0.4 is 24.4 Å². The maximum absolute atomic E-state index is 12.5. The number of oxime groups is 1. The molecule has 2 aliphatic heterocycles. The van der Waals surface area contributed by atoms with Crippen molar-refractivity contribution < 1.29 is 43.2 Å². The number of carbonyl (C=O) groups excluding carboxylic acids is 2. The van der Waals surface area contributed by atoms with Crippen molar-refractivity contribution in [2.45, 2.75) is 25.9 Å². The van der Waals surface area contributed by atoms with Crippen molar-refractivity contribution in [3.05, 3.63) is 41.0 Å². The summed E-state index contributed by atoms with van der Waals surface area (Å²) in [6.45, 7) is 1.88. The predicted molar refractivity (Wildman–Crippen MR) is 126 cm³/mol. The Bertz CT molecular complexity index is 1230. The summed E-state index contributed by atoms with van der Waals surface area (Å²) in [5.74, 6) is 0.0135. The van der Waals surface area contributed by atoms with Crippen LogP contribution in [0.4, 0.5) is 0 Å². The maximum atomic E-state index is 12.5. The third-order valence-corrected chi connectivity index (χ3v) is 5.46. The standard InChI is InChI=1S/C24H25N3O9/c1-4-33-24(30)17-10-13(36-27-17)9-15-16(11-25-26-23(29)14-7-5-6-8-18(14)28)20-22(35-12-34-20)21(32-3)19(15)31-2/h5-8,11,13,28H,4,9-10,12H2,1-3H3,(H,26,29)/b25-11+/t13-/m1/s1. The van der Waals surface area contributed by atoms with E-state index in [9.17, 15) is 14.7 Å². The summed E-state index contributed by atoms with van der Waals surface area (Å²) in [7, 11) is 2.94. The van der Waals surface area contributed by atoms with E-state index >= 15 is 0 Å². The average molecular weight is 499 g/mol. The number of nitrogens with zero attached hydrogens (tertiary/aromatic N) is 2. The van der Waals surface area contributed by atoms with Crippen LogP contribution in [0.5, 0.6) is 28.7 Å². The van der Waals surface area contributed by atoms with E-state index in [1.807, 2.05) is 0 Å². The van der Waals surface area contributed by atoms with Gasteiger partial charge in [-0.25, -0.2) is 10.2 Å².